The number of fused-ring (bicyclic) bond motifs is 1. The van der Waals surface area contributed by atoms with Gasteiger partial charge in [0.25, 0.3) is 5.56 Å². The Morgan fingerprint density at radius 1 is 1.10 bits per heavy atom. The van der Waals surface area contributed by atoms with Gasteiger partial charge in [-0.05, 0) is 29.8 Å². The third-order valence-electron chi connectivity index (χ3n) is 3.06. The van der Waals surface area contributed by atoms with E-state index in [9.17, 15) is 4.79 Å². The van der Waals surface area contributed by atoms with E-state index < -0.39 is 0 Å². The summed E-state index contributed by atoms with van der Waals surface area (Å²) >= 11 is 7.65. The Morgan fingerprint density at radius 3 is 2.81 bits per heavy atom. The molecule has 0 atom stereocenters. The Labute approximate surface area is 131 Å². The second-order valence-corrected chi connectivity index (χ2v) is 6.07. The zero-order valence-electron chi connectivity index (χ0n) is 11.2. The minimum absolute atomic E-state index is 0.0843. The third-order valence-corrected chi connectivity index (χ3v) is 4.31. The van der Waals surface area contributed by atoms with Crippen LogP contribution in [0.25, 0.3) is 10.9 Å². The number of hydrogen-bond acceptors (Lipinski definition) is 3. The number of benzene rings is 2. The van der Waals surface area contributed by atoms with E-state index in [2.05, 4.69) is 9.97 Å². The maximum Gasteiger partial charge on any atom is 0.258 e. The van der Waals surface area contributed by atoms with Gasteiger partial charge in [0.15, 0.2) is 0 Å². The molecule has 0 radical (unpaired) electrons. The largest absolute Gasteiger partial charge is 0.309 e. The van der Waals surface area contributed by atoms with E-state index in [0.717, 1.165) is 21.9 Å². The summed E-state index contributed by atoms with van der Waals surface area (Å²) in [6, 6.07) is 15.2. The Kier molecular flexibility index (Phi) is 4.27. The summed E-state index contributed by atoms with van der Waals surface area (Å²) in [4.78, 5) is 19.3. The number of aromatic nitrogens is 2. The van der Waals surface area contributed by atoms with Crippen LogP contribution in [0.5, 0.6) is 0 Å². The molecule has 0 spiro atoms. The zero-order chi connectivity index (χ0) is 14.7. The summed E-state index contributed by atoms with van der Waals surface area (Å²) in [6.45, 7) is 0. The number of thioether (sulfide) groups is 1. The van der Waals surface area contributed by atoms with Crippen LogP contribution in [0.1, 0.15) is 11.4 Å². The van der Waals surface area contributed by atoms with E-state index in [4.69, 9.17) is 11.6 Å². The van der Waals surface area contributed by atoms with Crippen molar-refractivity contribution in [2.75, 3.05) is 0 Å². The van der Waals surface area contributed by atoms with Gasteiger partial charge in [0.2, 0.25) is 0 Å². The highest BCUT2D eigenvalue weighted by Gasteiger charge is 2.03. The topological polar surface area (TPSA) is 45.8 Å². The monoisotopic (exact) mass is 316 g/mol. The lowest BCUT2D eigenvalue weighted by atomic mass is 10.2. The highest BCUT2D eigenvalue weighted by Crippen LogP contribution is 2.19. The van der Waals surface area contributed by atoms with Crippen molar-refractivity contribution in [1.82, 2.24) is 9.97 Å². The van der Waals surface area contributed by atoms with Crippen LogP contribution in [-0.4, -0.2) is 9.97 Å². The smallest absolute Gasteiger partial charge is 0.258 e. The quantitative estimate of drug-likeness (QED) is 0.791. The molecule has 3 rings (SSSR count). The Morgan fingerprint density at radius 2 is 1.95 bits per heavy atom. The Bertz CT molecular complexity index is 832. The molecule has 0 aliphatic heterocycles. The molecule has 2 aromatic carbocycles. The van der Waals surface area contributed by atoms with E-state index in [0.29, 0.717) is 17.0 Å². The van der Waals surface area contributed by atoms with Gasteiger partial charge in [-0.15, -0.1) is 11.8 Å². The zero-order valence-corrected chi connectivity index (χ0v) is 12.7. The predicted octanol–water partition coefficient (Wildman–Crippen LogP) is 4.01. The molecule has 0 saturated heterocycles. The maximum absolute atomic E-state index is 12.0. The van der Waals surface area contributed by atoms with Crippen LogP contribution < -0.4 is 5.56 Å². The second kappa shape index (κ2) is 6.33. The average Bonchev–Trinajstić information content (AvgIpc) is 2.47. The Balaban J connectivity index is 1.72. The lowest BCUT2D eigenvalue weighted by Crippen LogP contribution is -2.11. The van der Waals surface area contributed by atoms with Gasteiger partial charge in [0.1, 0.15) is 5.82 Å². The van der Waals surface area contributed by atoms with Gasteiger partial charge >= 0.3 is 0 Å². The molecular weight excluding hydrogens is 304 g/mol. The van der Waals surface area contributed by atoms with Gasteiger partial charge < -0.3 is 4.98 Å². The molecule has 5 heteroatoms. The van der Waals surface area contributed by atoms with Crippen molar-refractivity contribution in [3.63, 3.8) is 0 Å². The van der Waals surface area contributed by atoms with Gasteiger partial charge in [-0.3, -0.25) is 4.79 Å². The molecule has 1 N–H and O–H groups in total. The van der Waals surface area contributed by atoms with E-state index in [-0.39, 0.29) is 5.56 Å². The molecule has 1 heterocycles. The van der Waals surface area contributed by atoms with Gasteiger partial charge in [-0.2, -0.15) is 0 Å². The first-order valence-electron chi connectivity index (χ1n) is 6.52. The fourth-order valence-electron chi connectivity index (χ4n) is 2.10. The summed E-state index contributed by atoms with van der Waals surface area (Å²) < 4.78 is 0. The highest BCUT2D eigenvalue weighted by atomic mass is 35.5. The molecule has 0 unspecified atom stereocenters. The number of halogens is 1. The molecule has 3 aromatic rings. The molecule has 0 aliphatic carbocycles. The fourth-order valence-corrected chi connectivity index (χ4v) is 3.16. The van der Waals surface area contributed by atoms with Crippen molar-refractivity contribution < 1.29 is 0 Å². The first-order chi connectivity index (χ1) is 10.2. The molecule has 3 nitrogen and oxygen atoms in total. The van der Waals surface area contributed by atoms with Gasteiger partial charge in [-0.1, -0.05) is 35.9 Å². The van der Waals surface area contributed by atoms with Gasteiger partial charge in [-0.25, -0.2) is 4.98 Å². The number of para-hydroxylation sites is 1. The maximum atomic E-state index is 12.0. The van der Waals surface area contributed by atoms with Crippen LogP contribution >= 0.6 is 23.4 Å². The highest BCUT2D eigenvalue weighted by molar-refractivity contribution is 7.97. The van der Waals surface area contributed by atoms with Crippen LogP contribution in [0.2, 0.25) is 5.02 Å². The minimum atomic E-state index is -0.0843. The predicted molar refractivity (Wildman–Crippen MR) is 88.8 cm³/mol. The molecular formula is C16H13ClN2OS. The number of rotatable bonds is 4. The van der Waals surface area contributed by atoms with Crippen molar-refractivity contribution in [3.8, 4) is 0 Å². The lowest BCUT2D eigenvalue weighted by molar-refractivity contribution is 1.04. The summed E-state index contributed by atoms with van der Waals surface area (Å²) in [7, 11) is 0. The molecule has 106 valence electrons. The molecule has 0 aliphatic rings. The standard InChI is InChI=1S/C16H13ClN2OS/c17-12-5-3-4-11(8-12)9-21-10-15-18-14-7-2-1-6-13(14)16(20)19-15/h1-8H,9-10H2,(H,18,19,20). The summed E-state index contributed by atoms with van der Waals surface area (Å²) in [5, 5.41) is 1.37. The number of nitrogens with zero attached hydrogens (tertiary/aromatic N) is 1. The number of nitrogens with one attached hydrogen (secondary N) is 1. The van der Waals surface area contributed by atoms with Crippen LogP contribution in [0, 0.1) is 0 Å². The van der Waals surface area contributed by atoms with Gasteiger partial charge in [0.05, 0.1) is 16.7 Å². The van der Waals surface area contributed by atoms with Crippen molar-refractivity contribution in [3.05, 3.63) is 75.3 Å². The molecule has 1 aromatic heterocycles. The molecule has 0 bridgehead atoms. The number of hydrogen-bond donors (Lipinski definition) is 1. The Hall–Kier alpha value is -1.78. The lowest BCUT2D eigenvalue weighted by Gasteiger charge is -2.04. The second-order valence-electron chi connectivity index (χ2n) is 4.65. The third kappa shape index (κ3) is 3.46. The van der Waals surface area contributed by atoms with Crippen LogP contribution in [0.15, 0.2) is 53.3 Å². The van der Waals surface area contributed by atoms with E-state index >= 15 is 0 Å². The minimum Gasteiger partial charge on any atom is -0.309 e. The van der Waals surface area contributed by atoms with E-state index in [1.54, 1.807) is 17.8 Å². The molecule has 0 amide bonds. The number of H-pyrrole nitrogens is 1. The van der Waals surface area contributed by atoms with Crippen molar-refractivity contribution in [2.45, 2.75) is 11.5 Å². The van der Waals surface area contributed by atoms with Crippen LogP contribution in [0.3, 0.4) is 0 Å². The molecule has 21 heavy (non-hydrogen) atoms. The van der Waals surface area contributed by atoms with Crippen molar-refractivity contribution in [2.24, 2.45) is 0 Å². The summed E-state index contributed by atoms with van der Waals surface area (Å²) in [6.07, 6.45) is 0. The summed E-state index contributed by atoms with van der Waals surface area (Å²) in [5.74, 6) is 2.19. The number of aromatic amines is 1. The normalized spacial score (nSPS) is 10.9. The first-order valence-corrected chi connectivity index (χ1v) is 8.06. The van der Waals surface area contributed by atoms with Crippen molar-refractivity contribution >= 4 is 34.3 Å². The fraction of sp³-hybridized carbons (Fsp3) is 0.125. The van der Waals surface area contributed by atoms with Crippen molar-refractivity contribution in [1.29, 1.82) is 0 Å². The van der Waals surface area contributed by atoms with Gasteiger partial charge in [0, 0.05) is 10.8 Å². The average molecular weight is 317 g/mol. The SMILES string of the molecule is O=c1[nH]c(CSCc2cccc(Cl)c2)nc2ccccc12. The van der Waals surface area contributed by atoms with Crippen LogP contribution in [0.4, 0.5) is 0 Å². The summed E-state index contributed by atoms with van der Waals surface area (Å²) in [5.41, 5.74) is 1.81. The molecule has 0 fully saturated rings. The first kappa shape index (κ1) is 14.2. The molecule has 0 saturated carbocycles. The van der Waals surface area contributed by atoms with E-state index in [1.165, 1.54) is 0 Å². The van der Waals surface area contributed by atoms with E-state index in [1.807, 2.05) is 42.5 Å². The van der Waals surface area contributed by atoms with Crippen LogP contribution in [-0.2, 0) is 11.5 Å².